The summed E-state index contributed by atoms with van der Waals surface area (Å²) in [5.74, 6) is 1.13. The molecule has 0 saturated carbocycles. The number of hydrogen-bond donors (Lipinski definition) is 2. The first-order valence-corrected chi connectivity index (χ1v) is 6.42. The first-order valence-electron chi connectivity index (χ1n) is 6.42. The van der Waals surface area contributed by atoms with E-state index in [2.05, 4.69) is 18.2 Å². The highest BCUT2D eigenvalue weighted by Gasteiger charge is 2.12. The van der Waals surface area contributed by atoms with Gasteiger partial charge in [0.2, 0.25) is 0 Å². The topological polar surface area (TPSA) is 61.3 Å². The zero-order chi connectivity index (χ0) is 13.7. The Bertz CT molecular complexity index is 523. The quantitative estimate of drug-likeness (QED) is 0.808. The Hall–Kier alpha value is -2.00. The smallest absolute Gasteiger partial charge is 0.118 e. The predicted octanol–water partition coefficient (Wildman–Crippen LogP) is 2.56. The highest BCUT2D eigenvalue weighted by Crippen LogP contribution is 2.24. The molecule has 1 atom stereocenters. The highest BCUT2D eigenvalue weighted by atomic mass is 16.5. The average molecular weight is 256 g/mol. The first-order chi connectivity index (χ1) is 9.24. The molecule has 2 rings (SSSR count). The number of methoxy groups -OCH3 is 1. The van der Waals surface area contributed by atoms with Gasteiger partial charge in [-0.25, -0.2) is 0 Å². The molecule has 0 spiro atoms. The fourth-order valence-corrected chi connectivity index (χ4v) is 2.20. The van der Waals surface area contributed by atoms with Crippen molar-refractivity contribution < 1.29 is 4.74 Å². The minimum Gasteiger partial charge on any atom is -0.497 e. The van der Waals surface area contributed by atoms with Gasteiger partial charge in [-0.1, -0.05) is 30.3 Å². The molecule has 19 heavy (non-hydrogen) atoms. The number of para-hydroxylation sites is 1. The molecule has 100 valence electrons. The normalized spacial score (nSPS) is 12.1. The molecule has 2 aromatic rings. The van der Waals surface area contributed by atoms with Gasteiger partial charge in [-0.2, -0.15) is 0 Å². The third-order valence-corrected chi connectivity index (χ3v) is 3.39. The van der Waals surface area contributed by atoms with Crippen LogP contribution in [0.5, 0.6) is 5.75 Å². The molecule has 0 aliphatic carbocycles. The van der Waals surface area contributed by atoms with Crippen molar-refractivity contribution in [3.63, 3.8) is 0 Å². The summed E-state index contributed by atoms with van der Waals surface area (Å²) in [7, 11) is 1.67. The molecular formula is C16H20N2O. The molecule has 0 radical (unpaired) electrons. The van der Waals surface area contributed by atoms with E-state index in [4.69, 9.17) is 16.2 Å². The molecule has 0 aliphatic rings. The van der Waals surface area contributed by atoms with E-state index >= 15 is 0 Å². The number of nitrogens with two attached hydrogens (primary N) is 2. The molecule has 0 amide bonds. The molecule has 1 unspecified atom stereocenters. The van der Waals surface area contributed by atoms with Crippen molar-refractivity contribution in [1.29, 1.82) is 0 Å². The van der Waals surface area contributed by atoms with E-state index in [-0.39, 0.29) is 5.92 Å². The predicted molar refractivity (Wildman–Crippen MR) is 79.3 cm³/mol. The van der Waals surface area contributed by atoms with Crippen LogP contribution in [0.2, 0.25) is 0 Å². The molecule has 0 saturated heterocycles. The Labute approximate surface area is 114 Å². The Morgan fingerprint density at radius 2 is 1.74 bits per heavy atom. The van der Waals surface area contributed by atoms with Crippen LogP contribution in [0.3, 0.4) is 0 Å². The van der Waals surface area contributed by atoms with E-state index < -0.39 is 0 Å². The molecule has 0 bridgehead atoms. The number of benzene rings is 2. The molecule has 4 N–H and O–H groups in total. The van der Waals surface area contributed by atoms with Crippen molar-refractivity contribution >= 4 is 5.69 Å². The summed E-state index contributed by atoms with van der Waals surface area (Å²) in [6, 6.07) is 16.0. The van der Waals surface area contributed by atoms with E-state index in [0.717, 1.165) is 23.4 Å². The lowest BCUT2D eigenvalue weighted by molar-refractivity contribution is 0.414. The van der Waals surface area contributed by atoms with Gasteiger partial charge in [-0.3, -0.25) is 0 Å². The Morgan fingerprint density at radius 1 is 1.05 bits per heavy atom. The fourth-order valence-electron chi connectivity index (χ4n) is 2.20. The summed E-state index contributed by atoms with van der Waals surface area (Å²) in [5, 5.41) is 0. The van der Waals surface area contributed by atoms with Crippen molar-refractivity contribution in [3.05, 3.63) is 59.7 Å². The third kappa shape index (κ3) is 3.26. The number of hydrogen-bond acceptors (Lipinski definition) is 3. The van der Waals surface area contributed by atoms with Crippen LogP contribution >= 0.6 is 0 Å². The van der Waals surface area contributed by atoms with Gasteiger partial charge < -0.3 is 16.2 Å². The monoisotopic (exact) mass is 256 g/mol. The van der Waals surface area contributed by atoms with E-state index in [0.29, 0.717) is 6.54 Å². The molecular weight excluding hydrogens is 236 g/mol. The summed E-state index contributed by atoms with van der Waals surface area (Å²) in [4.78, 5) is 0. The Morgan fingerprint density at radius 3 is 2.32 bits per heavy atom. The minimum absolute atomic E-state index is 0.274. The molecule has 0 aliphatic heterocycles. The number of nitrogen functional groups attached to an aromatic ring is 1. The number of anilines is 1. The van der Waals surface area contributed by atoms with Crippen molar-refractivity contribution in [2.75, 3.05) is 19.4 Å². The molecule has 2 aromatic carbocycles. The summed E-state index contributed by atoms with van der Waals surface area (Å²) in [6.45, 7) is 0.598. The van der Waals surface area contributed by atoms with E-state index in [1.54, 1.807) is 7.11 Å². The van der Waals surface area contributed by atoms with Crippen LogP contribution in [0.1, 0.15) is 17.0 Å². The van der Waals surface area contributed by atoms with E-state index in [9.17, 15) is 0 Å². The highest BCUT2D eigenvalue weighted by molar-refractivity contribution is 5.47. The fraction of sp³-hybridized carbons (Fsp3) is 0.250. The van der Waals surface area contributed by atoms with Gasteiger partial charge in [0.15, 0.2) is 0 Å². The van der Waals surface area contributed by atoms with Gasteiger partial charge in [0.25, 0.3) is 0 Å². The van der Waals surface area contributed by atoms with E-state index in [1.165, 1.54) is 5.56 Å². The second-order valence-corrected chi connectivity index (χ2v) is 4.61. The second-order valence-electron chi connectivity index (χ2n) is 4.61. The van der Waals surface area contributed by atoms with Crippen molar-refractivity contribution in [1.82, 2.24) is 0 Å². The maximum Gasteiger partial charge on any atom is 0.118 e. The van der Waals surface area contributed by atoms with Gasteiger partial charge in [0.05, 0.1) is 7.11 Å². The average Bonchev–Trinajstić information content (AvgIpc) is 2.47. The molecule has 0 fully saturated rings. The van der Waals surface area contributed by atoms with Crippen molar-refractivity contribution in [2.24, 2.45) is 5.73 Å². The number of ether oxygens (including phenoxy) is 1. The van der Waals surface area contributed by atoms with Crippen LogP contribution in [0.25, 0.3) is 0 Å². The largest absolute Gasteiger partial charge is 0.497 e. The van der Waals surface area contributed by atoms with E-state index in [1.807, 2.05) is 30.3 Å². The van der Waals surface area contributed by atoms with Crippen LogP contribution in [-0.4, -0.2) is 13.7 Å². The third-order valence-electron chi connectivity index (χ3n) is 3.39. The standard InChI is InChI=1S/C16H20N2O/c1-19-15-8-6-12(7-9-15)14(11-17)10-13-4-2-3-5-16(13)18/h2-9,14H,10-11,17-18H2,1H3. The Balaban J connectivity index is 2.17. The van der Waals surface area contributed by atoms with Crippen LogP contribution in [-0.2, 0) is 6.42 Å². The molecule has 3 heteroatoms. The summed E-state index contributed by atoms with van der Waals surface area (Å²) in [5.41, 5.74) is 15.1. The number of rotatable bonds is 5. The maximum absolute atomic E-state index is 5.99. The van der Waals surface area contributed by atoms with Crippen LogP contribution in [0.15, 0.2) is 48.5 Å². The van der Waals surface area contributed by atoms with Crippen LogP contribution in [0.4, 0.5) is 5.69 Å². The molecule has 0 aromatic heterocycles. The maximum atomic E-state index is 5.99. The van der Waals surface area contributed by atoms with Crippen molar-refractivity contribution in [2.45, 2.75) is 12.3 Å². The summed E-state index contributed by atoms with van der Waals surface area (Å²) in [6.07, 6.45) is 0.857. The second kappa shape index (κ2) is 6.25. The lowest BCUT2D eigenvalue weighted by Gasteiger charge is -2.17. The summed E-state index contributed by atoms with van der Waals surface area (Å²) >= 11 is 0. The minimum atomic E-state index is 0.274. The van der Waals surface area contributed by atoms with Gasteiger partial charge in [-0.05, 0) is 42.3 Å². The SMILES string of the molecule is COc1ccc(C(CN)Cc2ccccc2N)cc1. The van der Waals surface area contributed by atoms with Crippen LogP contribution < -0.4 is 16.2 Å². The van der Waals surface area contributed by atoms with Crippen LogP contribution in [0, 0.1) is 0 Å². The molecule has 3 nitrogen and oxygen atoms in total. The Kier molecular flexibility index (Phi) is 4.42. The van der Waals surface area contributed by atoms with Gasteiger partial charge in [-0.15, -0.1) is 0 Å². The molecule has 0 heterocycles. The zero-order valence-corrected chi connectivity index (χ0v) is 11.2. The first kappa shape index (κ1) is 13.4. The summed E-state index contributed by atoms with van der Waals surface area (Å²) < 4.78 is 5.17. The lowest BCUT2D eigenvalue weighted by Crippen LogP contribution is -2.15. The van der Waals surface area contributed by atoms with Gasteiger partial charge >= 0.3 is 0 Å². The van der Waals surface area contributed by atoms with Crippen molar-refractivity contribution in [3.8, 4) is 5.75 Å². The van der Waals surface area contributed by atoms with Gasteiger partial charge in [0.1, 0.15) is 5.75 Å². The lowest BCUT2D eigenvalue weighted by atomic mass is 9.91. The van der Waals surface area contributed by atoms with Gasteiger partial charge in [0, 0.05) is 11.6 Å². The zero-order valence-electron chi connectivity index (χ0n) is 11.2.